The number of nitrogens with zero attached hydrogens (tertiary/aromatic N) is 2. The van der Waals surface area contributed by atoms with Gasteiger partial charge >= 0.3 is 0 Å². The number of aryl methyl sites for hydroxylation is 1. The smallest absolute Gasteiger partial charge is 0.244 e. The van der Waals surface area contributed by atoms with E-state index in [0.717, 1.165) is 5.82 Å². The van der Waals surface area contributed by atoms with Gasteiger partial charge in [0.25, 0.3) is 0 Å². The predicted octanol–water partition coefficient (Wildman–Crippen LogP) is 3.10. The Bertz CT molecular complexity index is 665. The Morgan fingerprint density at radius 3 is 2.95 bits per heavy atom. The number of amides is 1. The largest absolute Gasteiger partial charge is 0.352 e. The molecule has 0 saturated carbocycles. The van der Waals surface area contributed by atoms with Crippen molar-refractivity contribution < 1.29 is 4.79 Å². The van der Waals surface area contributed by atoms with Gasteiger partial charge in [-0.2, -0.15) is 0 Å². The minimum atomic E-state index is -0.180. The second-order valence-electron chi connectivity index (χ2n) is 4.47. The summed E-state index contributed by atoms with van der Waals surface area (Å²) in [6.07, 6.45) is 7.37. The van der Waals surface area contributed by atoms with Crippen LogP contribution in [0.25, 0.3) is 6.08 Å². The third kappa shape index (κ3) is 4.34. The highest BCUT2D eigenvalue weighted by Crippen LogP contribution is 2.26. The number of aromatic nitrogens is 2. The monoisotopic (exact) mass is 323 g/mol. The van der Waals surface area contributed by atoms with Crippen LogP contribution < -0.4 is 5.32 Å². The number of rotatable bonds is 5. The molecular weight excluding hydrogens is 309 g/mol. The van der Waals surface area contributed by atoms with Crippen LogP contribution in [0.2, 0.25) is 10.0 Å². The van der Waals surface area contributed by atoms with E-state index >= 15 is 0 Å². The molecular formula is C15H15Cl2N3O. The molecule has 0 aliphatic heterocycles. The van der Waals surface area contributed by atoms with Crippen LogP contribution in [0.1, 0.15) is 11.4 Å². The topological polar surface area (TPSA) is 46.9 Å². The first-order chi connectivity index (χ1) is 10.1. The fourth-order valence-corrected chi connectivity index (χ4v) is 2.18. The van der Waals surface area contributed by atoms with Gasteiger partial charge in [-0.25, -0.2) is 4.98 Å². The van der Waals surface area contributed by atoms with Gasteiger partial charge in [-0.3, -0.25) is 4.79 Å². The molecule has 1 heterocycles. The van der Waals surface area contributed by atoms with Crippen LogP contribution in [0.15, 0.2) is 36.7 Å². The summed E-state index contributed by atoms with van der Waals surface area (Å²) in [5.41, 5.74) is 0.711. The number of nitrogens with one attached hydrogen (secondary N) is 1. The Morgan fingerprint density at radius 2 is 2.24 bits per heavy atom. The molecule has 0 unspecified atom stereocenters. The molecule has 0 atom stereocenters. The van der Waals surface area contributed by atoms with Crippen LogP contribution >= 0.6 is 23.2 Å². The standard InChI is InChI=1S/C15H15Cl2N3O/c1-20-10-9-18-13(20)7-8-19-14(21)6-5-11-3-2-4-12(16)15(11)17/h2-6,9-10H,7-8H2,1H3,(H,19,21)/b6-5+. The number of hydrogen-bond acceptors (Lipinski definition) is 2. The summed E-state index contributed by atoms with van der Waals surface area (Å²) >= 11 is 11.9. The Labute approximate surface area is 133 Å². The van der Waals surface area contributed by atoms with E-state index in [0.29, 0.717) is 28.6 Å². The number of halogens is 2. The average molecular weight is 324 g/mol. The van der Waals surface area contributed by atoms with E-state index in [1.54, 1.807) is 30.5 Å². The molecule has 6 heteroatoms. The minimum Gasteiger partial charge on any atom is -0.352 e. The van der Waals surface area contributed by atoms with Gasteiger partial charge in [-0.15, -0.1) is 0 Å². The van der Waals surface area contributed by atoms with E-state index in [1.807, 2.05) is 17.8 Å². The van der Waals surface area contributed by atoms with Gasteiger partial charge in [0.1, 0.15) is 5.82 Å². The van der Waals surface area contributed by atoms with Crippen molar-refractivity contribution in [2.45, 2.75) is 6.42 Å². The van der Waals surface area contributed by atoms with Crippen LogP contribution in [0.5, 0.6) is 0 Å². The molecule has 0 aliphatic carbocycles. The van der Waals surface area contributed by atoms with Crippen LogP contribution in [-0.4, -0.2) is 22.0 Å². The van der Waals surface area contributed by atoms with E-state index in [2.05, 4.69) is 10.3 Å². The average Bonchev–Trinajstić information content (AvgIpc) is 2.86. The number of hydrogen-bond donors (Lipinski definition) is 1. The van der Waals surface area contributed by atoms with Crippen LogP contribution in [0.4, 0.5) is 0 Å². The van der Waals surface area contributed by atoms with Crippen molar-refractivity contribution in [3.63, 3.8) is 0 Å². The SMILES string of the molecule is Cn1ccnc1CCNC(=O)/C=C/c1cccc(Cl)c1Cl. The summed E-state index contributed by atoms with van der Waals surface area (Å²) in [6, 6.07) is 5.28. The maximum absolute atomic E-state index is 11.7. The maximum Gasteiger partial charge on any atom is 0.244 e. The van der Waals surface area contributed by atoms with Crippen molar-refractivity contribution in [2.24, 2.45) is 7.05 Å². The lowest BCUT2D eigenvalue weighted by Crippen LogP contribution is -2.24. The van der Waals surface area contributed by atoms with Crippen LogP contribution in [0, 0.1) is 0 Å². The molecule has 0 spiro atoms. The van der Waals surface area contributed by atoms with E-state index in [4.69, 9.17) is 23.2 Å². The van der Waals surface area contributed by atoms with Gasteiger partial charge in [0.2, 0.25) is 5.91 Å². The summed E-state index contributed by atoms with van der Waals surface area (Å²) < 4.78 is 1.92. The summed E-state index contributed by atoms with van der Waals surface area (Å²) in [5.74, 6) is 0.748. The summed E-state index contributed by atoms with van der Waals surface area (Å²) in [7, 11) is 1.92. The highest BCUT2D eigenvalue weighted by Gasteiger charge is 2.03. The summed E-state index contributed by atoms with van der Waals surface area (Å²) in [4.78, 5) is 15.9. The molecule has 110 valence electrons. The first-order valence-electron chi connectivity index (χ1n) is 6.44. The number of carbonyl (C=O) groups excluding carboxylic acids is 1. The lowest BCUT2D eigenvalue weighted by molar-refractivity contribution is -0.116. The lowest BCUT2D eigenvalue weighted by atomic mass is 10.2. The Balaban J connectivity index is 1.85. The van der Waals surface area contributed by atoms with Gasteiger partial charge in [0.05, 0.1) is 10.0 Å². The number of benzene rings is 1. The fourth-order valence-electron chi connectivity index (χ4n) is 1.81. The van der Waals surface area contributed by atoms with Gasteiger partial charge in [-0.1, -0.05) is 35.3 Å². The predicted molar refractivity (Wildman–Crippen MR) is 85.4 cm³/mol. The van der Waals surface area contributed by atoms with E-state index in [9.17, 15) is 4.79 Å². The van der Waals surface area contributed by atoms with Crippen molar-refractivity contribution in [3.05, 3.63) is 58.1 Å². The molecule has 21 heavy (non-hydrogen) atoms. The summed E-state index contributed by atoms with van der Waals surface area (Å²) in [6.45, 7) is 0.525. The second kappa shape index (κ2) is 7.29. The zero-order valence-corrected chi connectivity index (χ0v) is 13.0. The van der Waals surface area contributed by atoms with E-state index < -0.39 is 0 Å². The van der Waals surface area contributed by atoms with Crippen LogP contribution in [0.3, 0.4) is 0 Å². The zero-order chi connectivity index (χ0) is 15.2. The first kappa shape index (κ1) is 15.6. The third-order valence-corrected chi connectivity index (χ3v) is 3.80. The zero-order valence-electron chi connectivity index (χ0n) is 11.5. The molecule has 0 aliphatic rings. The van der Waals surface area contributed by atoms with Crippen molar-refractivity contribution in [1.29, 1.82) is 0 Å². The molecule has 0 radical (unpaired) electrons. The molecule has 1 N–H and O–H groups in total. The summed E-state index contributed by atoms with van der Waals surface area (Å²) in [5, 5.41) is 3.70. The Kier molecular flexibility index (Phi) is 5.42. The Hall–Kier alpha value is -1.78. The molecule has 1 aromatic carbocycles. The highest BCUT2D eigenvalue weighted by atomic mass is 35.5. The quantitative estimate of drug-likeness (QED) is 0.859. The first-order valence-corrected chi connectivity index (χ1v) is 7.19. The van der Waals surface area contributed by atoms with Crippen molar-refractivity contribution in [2.75, 3.05) is 6.54 Å². The van der Waals surface area contributed by atoms with E-state index in [-0.39, 0.29) is 5.91 Å². The maximum atomic E-state index is 11.7. The van der Waals surface area contributed by atoms with Crippen LogP contribution in [-0.2, 0) is 18.3 Å². The fraction of sp³-hybridized carbons (Fsp3) is 0.200. The Morgan fingerprint density at radius 1 is 1.43 bits per heavy atom. The second-order valence-corrected chi connectivity index (χ2v) is 5.26. The molecule has 2 aromatic rings. The van der Waals surface area contributed by atoms with Gasteiger partial charge in [0, 0.05) is 38.5 Å². The number of imidazole rings is 1. The highest BCUT2D eigenvalue weighted by molar-refractivity contribution is 6.42. The van der Waals surface area contributed by atoms with Gasteiger partial charge < -0.3 is 9.88 Å². The van der Waals surface area contributed by atoms with Crippen molar-refractivity contribution in [1.82, 2.24) is 14.9 Å². The normalized spacial score (nSPS) is 11.0. The van der Waals surface area contributed by atoms with Crippen molar-refractivity contribution >= 4 is 35.2 Å². The molecule has 4 nitrogen and oxygen atoms in total. The van der Waals surface area contributed by atoms with Gasteiger partial charge in [-0.05, 0) is 17.7 Å². The molecule has 0 bridgehead atoms. The van der Waals surface area contributed by atoms with E-state index in [1.165, 1.54) is 6.08 Å². The van der Waals surface area contributed by atoms with Crippen molar-refractivity contribution in [3.8, 4) is 0 Å². The molecule has 1 amide bonds. The number of carbonyl (C=O) groups is 1. The molecule has 2 rings (SSSR count). The molecule has 0 saturated heterocycles. The molecule has 1 aromatic heterocycles. The van der Waals surface area contributed by atoms with Gasteiger partial charge in [0.15, 0.2) is 0 Å². The third-order valence-electron chi connectivity index (χ3n) is 2.96. The molecule has 0 fully saturated rings. The lowest BCUT2D eigenvalue weighted by Gasteiger charge is -2.03. The minimum absolute atomic E-state index is 0.180.